The van der Waals surface area contributed by atoms with Crippen molar-refractivity contribution in [2.75, 3.05) is 20.3 Å². The highest BCUT2D eigenvalue weighted by atomic mass is 127. The number of aromatic nitrogens is 1. The van der Waals surface area contributed by atoms with Crippen LogP contribution in [0.25, 0.3) is 16.8 Å². The van der Waals surface area contributed by atoms with Gasteiger partial charge in [-0.05, 0) is 94.2 Å². The molecule has 1 atom stereocenters. The molecule has 0 saturated carbocycles. The summed E-state index contributed by atoms with van der Waals surface area (Å²) in [6.45, 7) is 5.12. The minimum Gasteiger partial charge on any atom is -0.490 e. The standard InChI is InChI=1S/C36H31IN2O6S/c1-4-43-30-16-14-24(19-31(30)44-5-2)33-27(35(41)42-3)20-38-36-39(33)34(40)32(46-36)18-22-13-15-29(28(37)17-22)45-21-25-11-8-10-23-9-6-7-12-26(23)25/h6-20,33H,4-5,21H2,1-3H3/b32-18-/t33-/m0/s1. The average Bonchev–Trinajstić information content (AvgIpc) is 3.39. The quantitative estimate of drug-likeness (QED) is 0.126. The number of thiazole rings is 1. The van der Waals surface area contributed by atoms with E-state index in [2.05, 4.69) is 51.8 Å². The Morgan fingerprint density at radius 1 is 0.935 bits per heavy atom. The molecule has 46 heavy (non-hydrogen) atoms. The van der Waals surface area contributed by atoms with E-state index >= 15 is 0 Å². The van der Waals surface area contributed by atoms with Crippen LogP contribution in [-0.2, 0) is 16.1 Å². The maximum atomic E-state index is 14.0. The predicted molar refractivity (Wildman–Crippen MR) is 187 cm³/mol. The summed E-state index contributed by atoms with van der Waals surface area (Å²) < 4.78 is 25.8. The first kappa shape index (κ1) is 31.6. The Labute approximate surface area is 283 Å². The minimum absolute atomic E-state index is 0.246. The van der Waals surface area contributed by atoms with E-state index in [9.17, 15) is 9.59 Å². The normalized spacial score (nSPS) is 14.3. The van der Waals surface area contributed by atoms with Crippen LogP contribution < -0.4 is 29.1 Å². The van der Waals surface area contributed by atoms with E-state index in [1.807, 2.05) is 62.4 Å². The van der Waals surface area contributed by atoms with Crippen molar-refractivity contribution in [2.45, 2.75) is 26.5 Å². The zero-order valence-corrected chi connectivity index (χ0v) is 28.5. The third-order valence-corrected chi connectivity index (χ3v) is 9.36. The number of fused-ring (bicyclic) bond motifs is 2. The first-order chi connectivity index (χ1) is 22.4. The molecule has 4 aromatic carbocycles. The zero-order valence-electron chi connectivity index (χ0n) is 25.5. The summed E-state index contributed by atoms with van der Waals surface area (Å²) in [5.41, 5.74) is 2.61. The van der Waals surface area contributed by atoms with Gasteiger partial charge in [0.25, 0.3) is 5.56 Å². The summed E-state index contributed by atoms with van der Waals surface area (Å²) >= 11 is 3.52. The van der Waals surface area contributed by atoms with Gasteiger partial charge in [-0.25, -0.2) is 9.79 Å². The molecule has 0 radical (unpaired) electrons. The predicted octanol–water partition coefficient (Wildman–Crippen LogP) is 6.15. The third kappa shape index (κ3) is 6.32. The van der Waals surface area contributed by atoms with Crippen LogP contribution >= 0.6 is 33.9 Å². The number of carbonyl (C=O) groups excluding carboxylic acids is 1. The van der Waals surface area contributed by atoms with Crippen molar-refractivity contribution >= 4 is 56.7 Å². The molecule has 0 unspecified atom stereocenters. The molecular formula is C36H31IN2O6S. The highest BCUT2D eigenvalue weighted by molar-refractivity contribution is 14.1. The molecule has 1 aliphatic rings. The Morgan fingerprint density at radius 3 is 2.48 bits per heavy atom. The lowest BCUT2D eigenvalue weighted by Gasteiger charge is -2.23. The molecule has 0 saturated heterocycles. The fourth-order valence-electron chi connectivity index (χ4n) is 5.44. The Kier molecular flexibility index (Phi) is 9.55. The topological polar surface area (TPSA) is 88.4 Å². The van der Waals surface area contributed by atoms with Crippen molar-refractivity contribution in [3.05, 3.63) is 131 Å². The fraction of sp³-hybridized carbons (Fsp3) is 0.194. The van der Waals surface area contributed by atoms with Crippen molar-refractivity contribution in [1.82, 2.24) is 4.57 Å². The summed E-state index contributed by atoms with van der Waals surface area (Å²) in [5, 5.41) is 2.34. The van der Waals surface area contributed by atoms with Gasteiger partial charge in [-0.2, -0.15) is 0 Å². The fourth-order valence-corrected chi connectivity index (χ4v) is 7.10. The highest BCUT2D eigenvalue weighted by Gasteiger charge is 2.31. The van der Waals surface area contributed by atoms with Gasteiger partial charge in [0.1, 0.15) is 12.4 Å². The first-order valence-corrected chi connectivity index (χ1v) is 16.7. The minimum atomic E-state index is -0.759. The van der Waals surface area contributed by atoms with E-state index in [4.69, 9.17) is 18.9 Å². The van der Waals surface area contributed by atoms with Crippen LogP contribution in [0.15, 0.2) is 100 Å². The lowest BCUT2D eigenvalue weighted by Crippen LogP contribution is -2.39. The Morgan fingerprint density at radius 2 is 1.70 bits per heavy atom. The second kappa shape index (κ2) is 13.9. The van der Waals surface area contributed by atoms with Gasteiger partial charge in [-0.3, -0.25) is 9.36 Å². The lowest BCUT2D eigenvalue weighted by molar-refractivity contribution is -0.136. The van der Waals surface area contributed by atoms with Crippen LogP contribution in [0.1, 0.15) is 36.6 Å². The SMILES string of the molecule is CCOc1ccc([C@H]2C(C(=O)OC)=CN=c3s/c(=C\c4ccc(OCc5cccc6ccccc56)c(I)c4)c(=O)n32)cc1OCC. The van der Waals surface area contributed by atoms with Crippen molar-refractivity contribution in [1.29, 1.82) is 0 Å². The first-order valence-electron chi connectivity index (χ1n) is 14.8. The van der Waals surface area contributed by atoms with Gasteiger partial charge in [0.05, 0.1) is 40.0 Å². The molecule has 0 spiro atoms. The van der Waals surface area contributed by atoms with Gasteiger partial charge >= 0.3 is 5.97 Å². The van der Waals surface area contributed by atoms with Gasteiger partial charge in [0, 0.05) is 6.20 Å². The van der Waals surface area contributed by atoms with E-state index in [1.54, 1.807) is 16.7 Å². The molecule has 234 valence electrons. The van der Waals surface area contributed by atoms with Crippen molar-refractivity contribution in [2.24, 2.45) is 4.99 Å². The number of hydrogen-bond acceptors (Lipinski definition) is 8. The van der Waals surface area contributed by atoms with Gasteiger partial charge in [-0.15, -0.1) is 0 Å². The molecule has 10 heteroatoms. The molecule has 1 aliphatic heterocycles. The smallest absolute Gasteiger partial charge is 0.337 e. The summed E-state index contributed by atoms with van der Waals surface area (Å²) in [6.07, 6.45) is 3.32. The highest BCUT2D eigenvalue weighted by Crippen LogP contribution is 2.35. The number of hydrogen-bond donors (Lipinski definition) is 0. The maximum absolute atomic E-state index is 14.0. The molecule has 0 amide bonds. The van der Waals surface area contributed by atoms with E-state index in [1.165, 1.54) is 35.4 Å². The van der Waals surface area contributed by atoms with E-state index in [-0.39, 0.29) is 11.1 Å². The summed E-state index contributed by atoms with van der Waals surface area (Å²) in [5.74, 6) is 1.31. The van der Waals surface area contributed by atoms with Gasteiger partial charge in [0.15, 0.2) is 16.3 Å². The molecule has 0 fully saturated rings. The number of benzene rings is 4. The van der Waals surface area contributed by atoms with Crippen LogP contribution in [0.2, 0.25) is 0 Å². The zero-order chi connectivity index (χ0) is 32.2. The lowest BCUT2D eigenvalue weighted by atomic mass is 9.97. The number of halogens is 1. The number of ether oxygens (including phenoxy) is 4. The molecule has 8 nitrogen and oxygen atoms in total. The number of methoxy groups -OCH3 is 1. The molecule has 6 rings (SSSR count). The number of rotatable bonds is 10. The Hall–Kier alpha value is -4.42. The molecule has 2 heterocycles. The van der Waals surface area contributed by atoms with Crippen LogP contribution in [0.3, 0.4) is 0 Å². The van der Waals surface area contributed by atoms with Gasteiger partial charge < -0.3 is 18.9 Å². The Bertz CT molecular complexity index is 2150. The molecule has 5 aromatic rings. The average molecular weight is 747 g/mol. The van der Waals surface area contributed by atoms with Crippen LogP contribution in [-0.4, -0.2) is 30.9 Å². The van der Waals surface area contributed by atoms with Gasteiger partial charge in [-0.1, -0.05) is 65.9 Å². The molecule has 0 aliphatic carbocycles. The van der Waals surface area contributed by atoms with E-state index in [0.29, 0.717) is 46.2 Å². The number of carbonyl (C=O) groups is 1. The molecule has 0 N–H and O–H groups in total. The van der Waals surface area contributed by atoms with Crippen molar-refractivity contribution < 1.29 is 23.7 Å². The largest absolute Gasteiger partial charge is 0.490 e. The second-order valence-electron chi connectivity index (χ2n) is 10.4. The maximum Gasteiger partial charge on any atom is 0.337 e. The summed E-state index contributed by atoms with van der Waals surface area (Å²) in [7, 11) is 1.31. The van der Waals surface area contributed by atoms with Crippen molar-refractivity contribution in [3.8, 4) is 17.2 Å². The number of nitrogens with zero attached hydrogens (tertiary/aromatic N) is 2. The second-order valence-corrected chi connectivity index (χ2v) is 12.5. The van der Waals surface area contributed by atoms with E-state index < -0.39 is 12.0 Å². The number of esters is 1. The third-order valence-electron chi connectivity index (χ3n) is 7.52. The molecular weight excluding hydrogens is 715 g/mol. The Balaban J connectivity index is 1.34. The monoisotopic (exact) mass is 746 g/mol. The molecule has 0 bridgehead atoms. The molecule has 1 aromatic heterocycles. The van der Waals surface area contributed by atoms with Crippen LogP contribution in [0.4, 0.5) is 0 Å². The van der Waals surface area contributed by atoms with Crippen LogP contribution in [0.5, 0.6) is 17.2 Å². The van der Waals surface area contributed by atoms with Gasteiger partial charge in [0.2, 0.25) is 0 Å². The summed E-state index contributed by atoms with van der Waals surface area (Å²) in [4.78, 5) is 31.8. The summed E-state index contributed by atoms with van der Waals surface area (Å²) in [6, 6.07) is 25.0. The van der Waals surface area contributed by atoms with Crippen LogP contribution in [0, 0.1) is 3.57 Å². The van der Waals surface area contributed by atoms with Crippen molar-refractivity contribution in [3.63, 3.8) is 0 Å². The van der Waals surface area contributed by atoms with E-state index in [0.717, 1.165) is 20.4 Å².